The molecule has 0 amide bonds. The van der Waals surface area contributed by atoms with Crippen molar-refractivity contribution in [3.8, 4) is 0 Å². The largest absolute Gasteiger partial charge is 0.308 e. The summed E-state index contributed by atoms with van der Waals surface area (Å²) in [6.07, 6.45) is 1.00. The third kappa shape index (κ3) is 3.61. The maximum atomic E-state index is 13.2. The summed E-state index contributed by atoms with van der Waals surface area (Å²) < 4.78 is 13.2. The van der Waals surface area contributed by atoms with Crippen molar-refractivity contribution in [2.75, 3.05) is 0 Å². The highest BCUT2D eigenvalue weighted by molar-refractivity contribution is 7.11. The van der Waals surface area contributed by atoms with Gasteiger partial charge in [-0.1, -0.05) is 6.92 Å². The fraction of sp³-hybridized carbons (Fsp3) is 0.286. The zero-order valence-corrected chi connectivity index (χ0v) is 11.9. The van der Waals surface area contributed by atoms with Crippen molar-refractivity contribution in [2.45, 2.75) is 26.4 Å². The fourth-order valence-corrected chi connectivity index (χ4v) is 2.83. The molecule has 0 saturated heterocycles. The molecule has 0 atom stereocenters. The Morgan fingerprint density at radius 3 is 2.65 bits per heavy atom. The number of benzene rings is 1. The summed E-state index contributed by atoms with van der Waals surface area (Å²) in [5.74, 6) is -0.461. The predicted octanol–water partition coefficient (Wildman–Crippen LogP) is 3.65. The minimum atomic E-state index is -0.489. The molecule has 4 nitrogen and oxygen atoms in total. The predicted molar refractivity (Wildman–Crippen MR) is 77.3 cm³/mol. The van der Waals surface area contributed by atoms with Gasteiger partial charge in [0.15, 0.2) is 0 Å². The van der Waals surface area contributed by atoms with Crippen LogP contribution in [0.4, 0.5) is 10.1 Å². The molecular weight excluding hydrogens is 279 g/mol. The van der Waals surface area contributed by atoms with E-state index in [1.807, 2.05) is 6.07 Å². The van der Waals surface area contributed by atoms with E-state index in [1.54, 1.807) is 11.3 Å². The van der Waals surface area contributed by atoms with Crippen molar-refractivity contribution < 1.29 is 9.31 Å². The Morgan fingerprint density at radius 1 is 1.25 bits per heavy atom. The Balaban J connectivity index is 2.00. The molecule has 0 fully saturated rings. The van der Waals surface area contributed by atoms with Crippen LogP contribution in [0.5, 0.6) is 0 Å². The van der Waals surface area contributed by atoms with Gasteiger partial charge in [0.2, 0.25) is 0 Å². The van der Waals surface area contributed by atoms with Crippen LogP contribution in [0.15, 0.2) is 30.3 Å². The molecule has 1 N–H and O–H groups in total. The topological polar surface area (TPSA) is 55.2 Å². The van der Waals surface area contributed by atoms with Gasteiger partial charge in [-0.05, 0) is 30.7 Å². The molecule has 0 bridgehead atoms. The van der Waals surface area contributed by atoms with Crippen molar-refractivity contribution in [2.24, 2.45) is 0 Å². The van der Waals surface area contributed by atoms with Gasteiger partial charge in [0.25, 0.3) is 5.69 Å². The van der Waals surface area contributed by atoms with Crippen LogP contribution in [0.3, 0.4) is 0 Å². The number of hydrogen-bond donors (Lipinski definition) is 1. The molecular formula is C14H15FN2O2S. The first kappa shape index (κ1) is 14.6. The summed E-state index contributed by atoms with van der Waals surface area (Å²) >= 11 is 1.71. The highest BCUT2D eigenvalue weighted by Crippen LogP contribution is 2.20. The molecule has 2 rings (SSSR count). The number of aryl methyl sites for hydroxylation is 1. The van der Waals surface area contributed by atoms with Crippen LogP contribution in [-0.2, 0) is 19.5 Å². The van der Waals surface area contributed by atoms with Crippen LogP contribution >= 0.6 is 11.3 Å². The number of rotatable bonds is 6. The van der Waals surface area contributed by atoms with Crippen molar-refractivity contribution in [1.82, 2.24) is 5.32 Å². The number of nitro benzene ring substituents is 1. The minimum absolute atomic E-state index is 0.0562. The number of nitro groups is 1. The van der Waals surface area contributed by atoms with Gasteiger partial charge in [-0.2, -0.15) is 0 Å². The van der Waals surface area contributed by atoms with E-state index in [4.69, 9.17) is 0 Å². The zero-order chi connectivity index (χ0) is 14.5. The second-order valence-corrected chi connectivity index (χ2v) is 5.61. The van der Waals surface area contributed by atoms with Gasteiger partial charge in [-0.15, -0.1) is 11.3 Å². The average molecular weight is 294 g/mol. The van der Waals surface area contributed by atoms with Crippen molar-refractivity contribution >= 4 is 17.0 Å². The monoisotopic (exact) mass is 294 g/mol. The second kappa shape index (κ2) is 6.58. The molecule has 0 aliphatic carbocycles. The van der Waals surface area contributed by atoms with E-state index < -0.39 is 10.7 Å². The quantitative estimate of drug-likeness (QED) is 0.653. The van der Waals surface area contributed by atoms with Gasteiger partial charge < -0.3 is 5.32 Å². The van der Waals surface area contributed by atoms with E-state index in [0.29, 0.717) is 12.1 Å². The van der Waals surface area contributed by atoms with Crippen LogP contribution in [0.25, 0.3) is 0 Å². The van der Waals surface area contributed by atoms with Crippen molar-refractivity contribution in [3.63, 3.8) is 0 Å². The molecule has 0 unspecified atom stereocenters. The summed E-state index contributed by atoms with van der Waals surface area (Å²) in [5, 5.41) is 14.0. The molecule has 20 heavy (non-hydrogen) atoms. The van der Waals surface area contributed by atoms with Gasteiger partial charge in [0, 0.05) is 34.5 Å². The molecule has 106 valence electrons. The Hall–Kier alpha value is -1.79. The summed E-state index contributed by atoms with van der Waals surface area (Å²) in [6, 6.07) is 7.63. The third-order valence-electron chi connectivity index (χ3n) is 2.92. The van der Waals surface area contributed by atoms with E-state index in [1.165, 1.54) is 21.9 Å². The van der Waals surface area contributed by atoms with E-state index in [9.17, 15) is 14.5 Å². The maximum Gasteiger partial charge on any atom is 0.274 e. The van der Waals surface area contributed by atoms with Crippen LogP contribution in [-0.4, -0.2) is 4.92 Å². The minimum Gasteiger partial charge on any atom is -0.308 e. The van der Waals surface area contributed by atoms with Gasteiger partial charge in [-0.3, -0.25) is 10.1 Å². The smallest absolute Gasteiger partial charge is 0.274 e. The van der Waals surface area contributed by atoms with Crippen LogP contribution < -0.4 is 5.32 Å². The first-order chi connectivity index (χ1) is 9.60. The SMILES string of the molecule is CCc1ccc(CNCc2cc(F)ccc2[N+](=O)[O-])s1. The first-order valence-electron chi connectivity index (χ1n) is 6.31. The molecule has 1 aromatic carbocycles. The summed E-state index contributed by atoms with van der Waals surface area (Å²) in [4.78, 5) is 12.8. The standard InChI is InChI=1S/C14H15FN2O2S/c1-2-12-4-5-13(20-12)9-16-8-10-7-11(15)3-6-14(10)17(18)19/h3-7,16H,2,8-9H2,1H3. The van der Waals surface area contributed by atoms with Crippen molar-refractivity contribution in [1.29, 1.82) is 0 Å². The van der Waals surface area contributed by atoms with Gasteiger partial charge >= 0.3 is 0 Å². The number of thiophene rings is 1. The van der Waals surface area contributed by atoms with Gasteiger partial charge in [-0.25, -0.2) is 4.39 Å². The Kier molecular flexibility index (Phi) is 4.81. The normalized spacial score (nSPS) is 10.7. The van der Waals surface area contributed by atoms with Crippen molar-refractivity contribution in [3.05, 3.63) is 61.6 Å². The molecule has 0 saturated carbocycles. The molecule has 6 heteroatoms. The van der Waals surface area contributed by atoms with Crippen LogP contribution in [0.1, 0.15) is 22.2 Å². The van der Waals surface area contributed by atoms with Crippen LogP contribution in [0, 0.1) is 15.9 Å². The highest BCUT2D eigenvalue weighted by atomic mass is 32.1. The highest BCUT2D eigenvalue weighted by Gasteiger charge is 2.13. The van der Waals surface area contributed by atoms with E-state index in [0.717, 1.165) is 12.5 Å². The number of hydrogen-bond acceptors (Lipinski definition) is 4. The number of nitrogens with zero attached hydrogens (tertiary/aromatic N) is 1. The maximum absolute atomic E-state index is 13.2. The number of halogens is 1. The summed E-state index contributed by atoms with van der Waals surface area (Å²) in [5.41, 5.74) is 0.307. The Morgan fingerprint density at radius 2 is 2.00 bits per heavy atom. The molecule has 0 spiro atoms. The molecule has 1 heterocycles. The molecule has 0 aliphatic rings. The lowest BCUT2D eigenvalue weighted by Crippen LogP contribution is -2.13. The second-order valence-electron chi connectivity index (χ2n) is 4.36. The van der Waals surface area contributed by atoms with E-state index >= 15 is 0 Å². The third-order valence-corrected chi connectivity index (χ3v) is 4.15. The van der Waals surface area contributed by atoms with Gasteiger partial charge in [0.05, 0.1) is 4.92 Å². The first-order valence-corrected chi connectivity index (χ1v) is 7.13. The summed E-state index contributed by atoms with van der Waals surface area (Å²) in [7, 11) is 0. The lowest BCUT2D eigenvalue weighted by Gasteiger charge is -2.05. The lowest BCUT2D eigenvalue weighted by molar-refractivity contribution is -0.385. The van der Waals surface area contributed by atoms with E-state index in [-0.39, 0.29) is 12.2 Å². The average Bonchev–Trinajstić information content (AvgIpc) is 2.86. The number of nitrogens with one attached hydrogen (secondary N) is 1. The molecule has 2 aromatic rings. The molecule has 1 aromatic heterocycles. The van der Waals surface area contributed by atoms with Crippen LogP contribution in [0.2, 0.25) is 0 Å². The summed E-state index contributed by atoms with van der Waals surface area (Å²) in [6.45, 7) is 2.99. The van der Waals surface area contributed by atoms with E-state index in [2.05, 4.69) is 18.3 Å². The Bertz CT molecular complexity index is 613. The molecule has 0 radical (unpaired) electrons. The zero-order valence-electron chi connectivity index (χ0n) is 11.1. The lowest BCUT2D eigenvalue weighted by atomic mass is 10.1. The Labute approximate surface area is 120 Å². The van der Waals surface area contributed by atoms with Gasteiger partial charge in [0.1, 0.15) is 5.82 Å². The molecule has 0 aliphatic heterocycles. The fourth-order valence-electron chi connectivity index (χ4n) is 1.90.